The van der Waals surface area contributed by atoms with Crippen LogP contribution in [0.15, 0.2) is 24.3 Å². The number of hydrogen-bond acceptors (Lipinski definition) is 2. The van der Waals surface area contributed by atoms with E-state index in [2.05, 4.69) is 6.92 Å². The van der Waals surface area contributed by atoms with Crippen molar-refractivity contribution >= 4 is 11.9 Å². The Kier molecular flexibility index (Phi) is 8.26. The summed E-state index contributed by atoms with van der Waals surface area (Å²) in [5, 5.41) is 18.2. The first-order chi connectivity index (χ1) is 10.6. The van der Waals surface area contributed by atoms with Gasteiger partial charge in [0, 0.05) is 0 Å². The number of rotatable bonds is 11. The molecule has 0 aliphatic heterocycles. The average Bonchev–Trinajstić information content (AvgIpc) is 2.48. The summed E-state index contributed by atoms with van der Waals surface area (Å²) in [6.07, 6.45) is 7.51. The minimum absolute atomic E-state index is 0.372. The quantitative estimate of drug-likeness (QED) is 0.600. The molecule has 0 radical (unpaired) electrons. The van der Waals surface area contributed by atoms with Crippen LogP contribution in [-0.4, -0.2) is 22.2 Å². The molecule has 0 fully saturated rings. The first-order valence-corrected chi connectivity index (χ1v) is 8.08. The first kappa shape index (κ1) is 18.2. The van der Waals surface area contributed by atoms with Gasteiger partial charge in [0.2, 0.25) is 0 Å². The van der Waals surface area contributed by atoms with E-state index in [0.29, 0.717) is 5.56 Å². The molecule has 1 unspecified atom stereocenters. The van der Waals surface area contributed by atoms with Crippen LogP contribution in [0.2, 0.25) is 0 Å². The lowest BCUT2D eigenvalue weighted by atomic mass is 9.89. The number of benzene rings is 1. The van der Waals surface area contributed by atoms with Crippen molar-refractivity contribution in [2.45, 2.75) is 64.2 Å². The fourth-order valence-corrected chi connectivity index (χ4v) is 2.70. The van der Waals surface area contributed by atoms with Gasteiger partial charge < -0.3 is 10.2 Å². The zero-order valence-electron chi connectivity index (χ0n) is 13.3. The zero-order chi connectivity index (χ0) is 16.4. The van der Waals surface area contributed by atoms with Gasteiger partial charge in [0.1, 0.15) is 0 Å². The van der Waals surface area contributed by atoms with Crippen LogP contribution >= 0.6 is 0 Å². The van der Waals surface area contributed by atoms with Crippen molar-refractivity contribution in [3.63, 3.8) is 0 Å². The van der Waals surface area contributed by atoms with Gasteiger partial charge in [0.15, 0.2) is 0 Å². The second-order valence-corrected chi connectivity index (χ2v) is 5.71. The SMILES string of the molecule is CCCCCCCCc1ccccc1C(CC(=O)O)C(=O)O. The number of aryl methyl sites for hydroxylation is 1. The van der Waals surface area contributed by atoms with Gasteiger partial charge in [-0.3, -0.25) is 9.59 Å². The van der Waals surface area contributed by atoms with Crippen molar-refractivity contribution in [1.82, 2.24) is 0 Å². The van der Waals surface area contributed by atoms with Gasteiger partial charge in [-0.15, -0.1) is 0 Å². The lowest BCUT2D eigenvalue weighted by Gasteiger charge is -2.15. The van der Waals surface area contributed by atoms with Crippen molar-refractivity contribution in [2.75, 3.05) is 0 Å². The molecule has 0 bridgehead atoms. The molecule has 4 heteroatoms. The Morgan fingerprint density at radius 3 is 2.27 bits per heavy atom. The minimum Gasteiger partial charge on any atom is -0.481 e. The van der Waals surface area contributed by atoms with Crippen molar-refractivity contribution in [2.24, 2.45) is 0 Å². The average molecular weight is 306 g/mol. The fourth-order valence-electron chi connectivity index (χ4n) is 2.70. The third-order valence-electron chi connectivity index (χ3n) is 3.91. The molecular formula is C18H26O4. The highest BCUT2D eigenvalue weighted by molar-refractivity contribution is 5.82. The van der Waals surface area contributed by atoms with Crippen LogP contribution in [0.1, 0.15) is 68.9 Å². The van der Waals surface area contributed by atoms with E-state index in [-0.39, 0.29) is 6.42 Å². The molecule has 122 valence electrons. The molecule has 1 aromatic rings. The highest BCUT2D eigenvalue weighted by atomic mass is 16.4. The molecule has 22 heavy (non-hydrogen) atoms. The van der Waals surface area contributed by atoms with Gasteiger partial charge in [0.05, 0.1) is 12.3 Å². The second-order valence-electron chi connectivity index (χ2n) is 5.71. The van der Waals surface area contributed by atoms with E-state index in [1.165, 1.54) is 25.7 Å². The third kappa shape index (κ3) is 6.29. The number of aliphatic carboxylic acids is 2. The number of hydrogen-bond donors (Lipinski definition) is 2. The largest absolute Gasteiger partial charge is 0.481 e. The van der Waals surface area contributed by atoms with Crippen LogP contribution < -0.4 is 0 Å². The van der Waals surface area contributed by atoms with Crippen molar-refractivity contribution in [3.05, 3.63) is 35.4 Å². The summed E-state index contributed by atoms with van der Waals surface area (Å²) < 4.78 is 0. The Balaban J connectivity index is 2.67. The van der Waals surface area contributed by atoms with Crippen molar-refractivity contribution in [3.8, 4) is 0 Å². The maximum atomic E-state index is 11.4. The smallest absolute Gasteiger partial charge is 0.311 e. The van der Waals surface area contributed by atoms with Gasteiger partial charge in [-0.2, -0.15) is 0 Å². The summed E-state index contributed by atoms with van der Waals surface area (Å²) in [6, 6.07) is 7.32. The molecule has 0 aliphatic carbocycles. The molecule has 1 atom stereocenters. The molecule has 1 aromatic carbocycles. The molecule has 2 N–H and O–H groups in total. The Morgan fingerprint density at radius 1 is 1.00 bits per heavy atom. The molecule has 0 saturated carbocycles. The number of carboxylic acids is 2. The fraction of sp³-hybridized carbons (Fsp3) is 0.556. The van der Waals surface area contributed by atoms with Gasteiger partial charge in [-0.25, -0.2) is 0 Å². The van der Waals surface area contributed by atoms with Crippen LogP contribution in [0, 0.1) is 0 Å². The Bertz CT molecular complexity index is 482. The van der Waals surface area contributed by atoms with E-state index in [0.717, 1.165) is 24.8 Å². The predicted molar refractivity (Wildman–Crippen MR) is 86.2 cm³/mol. The topological polar surface area (TPSA) is 74.6 Å². The summed E-state index contributed by atoms with van der Waals surface area (Å²) in [6.45, 7) is 2.19. The van der Waals surface area contributed by atoms with E-state index in [9.17, 15) is 14.7 Å². The van der Waals surface area contributed by atoms with Crippen LogP contribution in [0.25, 0.3) is 0 Å². The van der Waals surface area contributed by atoms with Gasteiger partial charge in [-0.1, -0.05) is 63.3 Å². The van der Waals surface area contributed by atoms with Crippen LogP contribution in [0.5, 0.6) is 0 Å². The van der Waals surface area contributed by atoms with Crippen LogP contribution in [-0.2, 0) is 16.0 Å². The molecule has 0 spiro atoms. The Morgan fingerprint density at radius 2 is 1.64 bits per heavy atom. The monoisotopic (exact) mass is 306 g/mol. The van der Waals surface area contributed by atoms with E-state index >= 15 is 0 Å². The predicted octanol–water partition coefficient (Wildman–Crippen LogP) is 4.23. The molecule has 0 aromatic heterocycles. The first-order valence-electron chi connectivity index (χ1n) is 8.08. The molecule has 0 heterocycles. The third-order valence-corrected chi connectivity index (χ3v) is 3.91. The van der Waals surface area contributed by atoms with E-state index in [1.807, 2.05) is 12.1 Å². The summed E-state index contributed by atoms with van der Waals surface area (Å²) in [7, 11) is 0. The van der Waals surface area contributed by atoms with E-state index in [4.69, 9.17) is 5.11 Å². The van der Waals surface area contributed by atoms with Gasteiger partial charge in [-0.05, 0) is 24.0 Å². The number of unbranched alkanes of at least 4 members (excludes halogenated alkanes) is 5. The van der Waals surface area contributed by atoms with Gasteiger partial charge in [0.25, 0.3) is 0 Å². The highest BCUT2D eigenvalue weighted by Gasteiger charge is 2.24. The van der Waals surface area contributed by atoms with E-state index in [1.54, 1.807) is 12.1 Å². The van der Waals surface area contributed by atoms with Crippen molar-refractivity contribution in [1.29, 1.82) is 0 Å². The zero-order valence-corrected chi connectivity index (χ0v) is 13.3. The maximum Gasteiger partial charge on any atom is 0.311 e. The molecule has 0 aliphatic rings. The molecule has 0 amide bonds. The molecular weight excluding hydrogens is 280 g/mol. The summed E-state index contributed by atoms with van der Waals surface area (Å²) in [4.78, 5) is 22.3. The number of carboxylic acid groups (broad SMARTS) is 2. The summed E-state index contributed by atoms with van der Waals surface area (Å²) in [5.41, 5.74) is 1.61. The van der Waals surface area contributed by atoms with Crippen molar-refractivity contribution < 1.29 is 19.8 Å². The Labute approximate surface area is 132 Å². The molecule has 0 saturated heterocycles. The number of carbonyl (C=O) groups is 2. The van der Waals surface area contributed by atoms with E-state index < -0.39 is 17.9 Å². The van der Waals surface area contributed by atoms with Gasteiger partial charge >= 0.3 is 11.9 Å². The highest BCUT2D eigenvalue weighted by Crippen LogP contribution is 2.25. The molecule has 1 rings (SSSR count). The normalized spacial score (nSPS) is 12.0. The maximum absolute atomic E-state index is 11.4. The Hall–Kier alpha value is -1.84. The summed E-state index contributed by atoms with van der Waals surface area (Å²) >= 11 is 0. The van der Waals surface area contributed by atoms with Crippen LogP contribution in [0.4, 0.5) is 0 Å². The lowest BCUT2D eigenvalue weighted by molar-refractivity contribution is -0.145. The molecule has 4 nitrogen and oxygen atoms in total. The second kappa shape index (κ2) is 9.98. The van der Waals surface area contributed by atoms with Crippen LogP contribution in [0.3, 0.4) is 0 Å². The summed E-state index contributed by atoms with van der Waals surface area (Å²) in [5.74, 6) is -3.12. The standard InChI is InChI=1S/C18H26O4/c1-2-3-4-5-6-7-10-14-11-8-9-12-15(14)16(18(21)22)13-17(19)20/h8-9,11-12,16H,2-7,10,13H2,1H3,(H,19,20)(H,21,22). The lowest BCUT2D eigenvalue weighted by Crippen LogP contribution is -2.17. The minimum atomic E-state index is -1.08.